The van der Waals surface area contributed by atoms with Crippen molar-refractivity contribution in [2.24, 2.45) is 7.05 Å². The van der Waals surface area contributed by atoms with Gasteiger partial charge in [-0.3, -0.25) is 9.36 Å². The molecule has 0 spiro atoms. The fraction of sp³-hybridized carbons (Fsp3) is 0.200. The van der Waals surface area contributed by atoms with Gasteiger partial charge in [0.05, 0.1) is 12.8 Å². The molecular formula is C10H11N3O2. The van der Waals surface area contributed by atoms with Crippen LogP contribution in [-0.2, 0) is 7.05 Å². The van der Waals surface area contributed by atoms with Gasteiger partial charge in [-0.1, -0.05) is 0 Å². The summed E-state index contributed by atoms with van der Waals surface area (Å²) in [5.41, 5.74) is 0.566. The molecule has 0 aliphatic heterocycles. The number of methoxy groups -OCH3 is 1. The van der Waals surface area contributed by atoms with Gasteiger partial charge in [-0.15, -0.1) is 0 Å². The number of hydrogen-bond acceptors (Lipinski definition) is 3. The van der Waals surface area contributed by atoms with Gasteiger partial charge >= 0.3 is 0 Å². The molecule has 2 aromatic rings. The minimum Gasteiger partial charge on any atom is -0.481 e. The molecule has 0 amide bonds. The van der Waals surface area contributed by atoms with Gasteiger partial charge < -0.3 is 4.74 Å². The summed E-state index contributed by atoms with van der Waals surface area (Å²) in [5, 5.41) is 4.23. The van der Waals surface area contributed by atoms with Crippen LogP contribution < -0.4 is 4.74 Å². The Morgan fingerprint density at radius 2 is 2.33 bits per heavy atom. The minimum atomic E-state index is 0.566. The van der Waals surface area contributed by atoms with Crippen molar-refractivity contribution in [3.63, 3.8) is 0 Å². The summed E-state index contributed by atoms with van der Waals surface area (Å²) in [6.07, 6.45) is 2.58. The zero-order valence-electron chi connectivity index (χ0n) is 8.54. The van der Waals surface area contributed by atoms with E-state index in [2.05, 4.69) is 5.10 Å². The number of aromatic nitrogens is 3. The Labute approximate surface area is 86.9 Å². The summed E-state index contributed by atoms with van der Waals surface area (Å²) < 4.78 is 8.41. The highest BCUT2D eigenvalue weighted by atomic mass is 16.5. The average Bonchev–Trinajstić information content (AvgIpc) is 2.82. The van der Waals surface area contributed by atoms with Crippen LogP contribution in [0.4, 0.5) is 0 Å². The van der Waals surface area contributed by atoms with E-state index in [0.717, 1.165) is 6.29 Å². The number of aldehydes is 1. The molecule has 2 rings (SSSR count). The lowest BCUT2D eigenvalue weighted by atomic mass is 10.4. The molecule has 0 aromatic carbocycles. The lowest BCUT2D eigenvalue weighted by Crippen LogP contribution is -1.99. The molecular weight excluding hydrogens is 194 g/mol. The Hall–Kier alpha value is -2.04. The maximum Gasteiger partial charge on any atom is 0.213 e. The summed E-state index contributed by atoms with van der Waals surface area (Å²) in [6.45, 7) is 0. The van der Waals surface area contributed by atoms with Crippen molar-refractivity contribution in [1.82, 2.24) is 14.3 Å². The van der Waals surface area contributed by atoms with Crippen LogP contribution in [0.3, 0.4) is 0 Å². The van der Waals surface area contributed by atoms with Crippen LogP contribution in [0.15, 0.2) is 24.4 Å². The molecule has 15 heavy (non-hydrogen) atoms. The summed E-state index contributed by atoms with van der Waals surface area (Å²) in [6, 6.07) is 5.30. The molecule has 5 heteroatoms. The third kappa shape index (κ3) is 1.52. The average molecular weight is 205 g/mol. The maximum absolute atomic E-state index is 10.7. The lowest BCUT2D eigenvalue weighted by molar-refractivity contribution is 0.111. The zero-order chi connectivity index (χ0) is 10.8. The Bertz CT molecular complexity index is 485. The van der Waals surface area contributed by atoms with E-state index in [1.165, 1.54) is 0 Å². The molecule has 5 nitrogen and oxygen atoms in total. The number of carbonyl (C=O) groups is 1. The van der Waals surface area contributed by atoms with E-state index < -0.39 is 0 Å². The van der Waals surface area contributed by atoms with Gasteiger partial charge in [0.15, 0.2) is 12.1 Å². The molecule has 2 aromatic heterocycles. The smallest absolute Gasteiger partial charge is 0.213 e. The summed E-state index contributed by atoms with van der Waals surface area (Å²) >= 11 is 0. The largest absolute Gasteiger partial charge is 0.481 e. The molecule has 0 saturated carbocycles. The van der Waals surface area contributed by atoms with Crippen LogP contribution in [0.25, 0.3) is 5.82 Å². The maximum atomic E-state index is 10.7. The first kappa shape index (κ1) is 9.51. The second-order valence-electron chi connectivity index (χ2n) is 3.09. The van der Waals surface area contributed by atoms with Crippen molar-refractivity contribution in [2.45, 2.75) is 0 Å². The third-order valence-electron chi connectivity index (χ3n) is 2.18. The molecule has 0 bridgehead atoms. The number of ether oxygens (including phenoxy) is 1. The van der Waals surface area contributed by atoms with Crippen LogP contribution in [-0.4, -0.2) is 27.7 Å². The Kier molecular flexibility index (Phi) is 2.29. The van der Waals surface area contributed by atoms with Crippen LogP contribution in [0.5, 0.6) is 5.88 Å². The van der Waals surface area contributed by atoms with Crippen LogP contribution in [0.1, 0.15) is 10.5 Å². The van der Waals surface area contributed by atoms with E-state index in [1.807, 2.05) is 0 Å². The molecule has 0 N–H and O–H groups in total. The van der Waals surface area contributed by atoms with Gasteiger partial charge in [0, 0.05) is 19.3 Å². The Morgan fingerprint density at radius 1 is 1.53 bits per heavy atom. The lowest BCUT2D eigenvalue weighted by Gasteiger charge is -1.98. The van der Waals surface area contributed by atoms with E-state index in [9.17, 15) is 4.79 Å². The normalized spacial score (nSPS) is 10.3. The molecule has 0 unspecified atom stereocenters. The van der Waals surface area contributed by atoms with Crippen LogP contribution in [0.2, 0.25) is 0 Å². The molecule has 0 fully saturated rings. The number of carbonyl (C=O) groups excluding carboxylic acids is 1. The number of nitrogens with zero attached hydrogens (tertiary/aromatic N) is 3. The van der Waals surface area contributed by atoms with Crippen LogP contribution >= 0.6 is 0 Å². The Morgan fingerprint density at radius 3 is 2.93 bits per heavy atom. The van der Waals surface area contributed by atoms with E-state index in [0.29, 0.717) is 17.4 Å². The monoisotopic (exact) mass is 205 g/mol. The zero-order valence-corrected chi connectivity index (χ0v) is 8.54. The molecule has 0 atom stereocenters. The van der Waals surface area contributed by atoms with Gasteiger partial charge in [0.2, 0.25) is 5.88 Å². The molecule has 0 aliphatic carbocycles. The SMILES string of the molecule is COc1cc(-n2cccc2C=O)nn1C. The topological polar surface area (TPSA) is 49.1 Å². The van der Waals surface area contributed by atoms with Crippen molar-refractivity contribution in [1.29, 1.82) is 0 Å². The van der Waals surface area contributed by atoms with E-state index in [1.54, 1.807) is 47.8 Å². The number of aryl methyl sites for hydroxylation is 1. The fourth-order valence-corrected chi connectivity index (χ4v) is 1.44. The Balaban J connectivity index is 2.49. The number of rotatable bonds is 3. The van der Waals surface area contributed by atoms with Gasteiger partial charge in [0.25, 0.3) is 0 Å². The van der Waals surface area contributed by atoms with Crippen molar-refractivity contribution in [3.8, 4) is 11.7 Å². The van der Waals surface area contributed by atoms with Gasteiger partial charge in [-0.05, 0) is 12.1 Å². The van der Waals surface area contributed by atoms with Gasteiger partial charge in [-0.2, -0.15) is 5.10 Å². The van der Waals surface area contributed by atoms with Crippen molar-refractivity contribution >= 4 is 6.29 Å². The minimum absolute atomic E-state index is 0.566. The summed E-state index contributed by atoms with van der Waals surface area (Å²) in [7, 11) is 3.36. The molecule has 0 saturated heterocycles. The highest BCUT2D eigenvalue weighted by molar-refractivity contribution is 5.73. The fourth-order valence-electron chi connectivity index (χ4n) is 1.44. The highest BCUT2D eigenvalue weighted by Crippen LogP contribution is 2.16. The molecule has 0 aliphatic rings. The first-order valence-electron chi connectivity index (χ1n) is 4.47. The highest BCUT2D eigenvalue weighted by Gasteiger charge is 2.08. The third-order valence-corrected chi connectivity index (χ3v) is 2.18. The predicted octanol–water partition coefficient (Wildman–Crippen LogP) is 1.03. The number of hydrogen-bond donors (Lipinski definition) is 0. The second-order valence-corrected chi connectivity index (χ2v) is 3.09. The standard InChI is InChI=1S/C10H11N3O2/c1-12-10(15-2)6-9(11-12)13-5-3-4-8(13)7-14/h3-7H,1-2H3. The first-order valence-corrected chi connectivity index (χ1v) is 4.47. The second kappa shape index (κ2) is 3.61. The quantitative estimate of drug-likeness (QED) is 0.703. The van der Waals surface area contributed by atoms with Crippen molar-refractivity contribution in [2.75, 3.05) is 7.11 Å². The summed E-state index contributed by atoms with van der Waals surface area (Å²) in [4.78, 5) is 10.7. The van der Waals surface area contributed by atoms with Crippen molar-refractivity contribution < 1.29 is 9.53 Å². The summed E-state index contributed by atoms with van der Waals surface area (Å²) in [5.74, 6) is 1.32. The molecule has 78 valence electrons. The van der Waals surface area contributed by atoms with Crippen molar-refractivity contribution in [3.05, 3.63) is 30.1 Å². The molecule has 2 heterocycles. The predicted molar refractivity (Wildman–Crippen MR) is 54.5 cm³/mol. The first-order chi connectivity index (χ1) is 7.26. The van der Waals surface area contributed by atoms with Gasteiger partial charge in [-0.25, -0.2) is 4.68 Å². The van der Waals surface area contributed by atoms with Crippen LogP contribution in [0, 0.1) is 0 Å². The molecule has 0 radical (unpaired) electrons. The van der Waals surface area contributed by atoms with E-state index in [-0.39, 0.29) is 0 Å². The van der Waals surface area contributed by atoms with E-state index >= 15 is 0 Å². The van der Waals surface area contributed by atoms with Gasteiger partial charge in [0.1, 0.15) is 0 Å². The van der Waals surface area contributed by atoms with E-state index in [4.69, 9.17) is 4.74 Å².